The number of aryl methyl sites for hydroxylation is 1. The first kappa shape index (κ1) is 13.2. The minimum atomic E-state index is 0.0368. The molecule has 17 heavy (non-hydrogen) atoms. The van der Waals surface area contributed by atoms with Crippen LogP contribution in [0.4, 0.5) is 11.6 Å². The first-order valence-corrected chi connectivity index (χ1v) is 5.38. The van der Waals surface area contributed by atoms with Crippen molar-refractivity contribution in [3.63, 3.8) is 0 Å². The average molecular weight is 237 g/mol. The highest BCUT2D eigenvalue weighted by molar-refractivity contribution is 5.80. The SMILES string of the molecule is CNc1cc(N(C)CC(=O)N(C)C)nc(C)n1. The van der Waals surface area contributed by atoms with Gasteiger partial charge in [0.1, 0.15) is 17.5 Å². The highest BCUT2D eigenvalue weighted by Crippen LogP contribution is 2.13. The smallest absolute Gasteiger partial charge is 0.241 e. The molecule has 0 aliphatic rings. The van der Waals surface area contributed by atoms with E-state index in [2.05, 4.69) is 15.3 Å². The summed E-state index contributed by atoms with van der Waals surface area (Å²) >= 11 is 0. The number of hydrogen-bond acceptors (Lipinski definition) is 5. The summed E-state index contributed by atoms with van der Waals surface area (Å²) in [5, 5.41) is 2.97. The highest BCUT2D eigenvalue weighted by Gasteiger charge is 2.11. The number of nitrogens with one attached hydrogen (secondary N) is 1. The molecule has 0 aromatic carbocycles. The lowest BCUT2D eigenvalue weighted by Crippen LogP contribution is -2.34. The maximum Gasteiger partial charge on any atom is 0.241 e. The van der Waals surface area contributed by atoms with E-state index >= 15 is 0 Å². The monoisotopic (exact) mass is 237 g/mol. The molecule has 1 heterocycles. The van der Waals surface area contributed by atoms with Crippen LogP contribution in [0.25, 0.3) is 0 Å². The van der Waals surface area contributed by atoms with Crippen LogP contribution in [0.15, 0.2) is 6.07 Å². The fourth-order valence-electron chi connectivity index (χ4n) is 1.30. The molecule has 0 saturated carbocycles. The summed E-state index contributed by atoms with van der Waals surface area (Å²) in [4.78, 5) is 23.5. The quantitative estimate of drug-likeness (QED) is 0.819. The van der Waals surface area contributed by atoms with Crippen LogP contribution in [0, 0.1) is 6.92 Å². The van der Waals surface area contributed by atoms with Gasteiger partial charge in [0.2, 0.25) is 5.91 Å². The van der Waals surface area contributed by atoms with E-state index in [9.17, 15) is 4.79 Å². The number of carbonyl (C=O) groups is 1. The molecular weight excluding hydrogens is 218 g/mol. The highest BCUT2D eigenvalue weighted by atomic mass is 16.2. The van der Waals surface area contributed by atoms with Crippen molar-refractivity contribution in [1.29, 1.82) is 0 Å². The van der Waals surface area contributed by atoms with Crippen LogP contribution in [0.3, 0.4) is 0 Å². The molecule has 1 rings (SSSR count). The molecule has 0 aliphatic heterocycles. The Morgan fingerprint density at radius 3 is 2.53 bits per heavy atom. The van der Waals surface area contributed by atoms with Crippen molar-refractivity contribution < 1.29 is 4.79 Å². The van der Waals surface area contributed by atoms with Crippen LogP contribution >= 0.6 is 0 Å². The van der Waals surface area contributed by atoms with Crippen molar-refractivity contribution in [2.45, 2.75) is 6.92 Å². The second kappa shape index (κ2) is 5.47. The Kier molecular flexibility index (Phi) is 4.25. The van der Waals surface area contributed by atoms with Crippen LogP contribution in [0.2, 0.25) is 0 Å². The topological polar surface area (TPSA) is 61.4 Å². The fraction of sp³-hybridized carbons (Fsp3) is 0.545. The van der Waals surface area contributed by atoms with Crippen molar-refractivity contribution >= 4 is 17.5 Å². The van der Waals surface area contributed by atoms with Gasteiger partial charge < -0.3 is 15.1 Å². The summed E-state index contributed by atoms with van der Waals surface area (Å²) < 4.78 is 0. The zero-order chi connectivity index (χ0) is 13.0. The molecule has 0 saturated heterocycles. The molecule has 0 radical (unpaired) electrons. The number of amides is 1. The molecule has 0 fully saturated rings. The number of hydrogen-bond donors (Lipinski definition) is 1. The van der Waals surface area contributed by atoms with Gasteiger partial charge in [-0.15, -0.1) is 0 Å². The van der Waals surface area contributed by atoms with Gasteiger partial charge in [0.25, 0.3) is 0 Å². The minimum Gasteiger partial charge on any atom is -0.373 e. The molecule has 6 nitrogen and oxygen atoms in total. The predicted octanol–water partition coefficient (Wildman–Crippen LogP) is 0.351. The number of carbonyl (C=O) groups excluding carboxylic acids is 1. The summed E-state index contributed by atoms with van der Waals surface area (Å²) in [5.41, 5.74) is 0. The van der Waals surface area contributed by atoms with Gasteiger partial charge in [0, 0.05) is 34.3 Å². The van der Waals surface area contributed by atoms with Crippen molar-refractivity contribution in [1.82, 2.24) is 14.9 Å². The zero-order valence-electron chi connectivity index (χ0n) is 11.0. The molecule has 0 bridgehead atoms. The van der Waals surface area contributed by atoms with Gasteiger partial charge in [-0.3, -0.25) is 4.79 Å². The van der Waals surface area contributed by atoms with E-state index in [1.807, 2.05) is 20.0 Å². The fourth-order valence-corrected chi connectivity index (χ4v) is 1.30. The van der Waals surface area contributed by atoms with Gasteiger partial charge in [-0.25, -0.2) is 9.97 Å². The van der Waals surface area contributed by atoms with Gasteiger partial charge in [0.15, 0.2) is 0 Å². The van der Waals surface area contributed by atoms with E-state index in [-0.39, 0.29) is 5.91 Å². The molecule has 0 aliphatic carbocycles. The Morgan fingerprint density at radius 2 is 2.00 bits per heavy atom. The predicted molar refractivity (Wildman–Crippen MR) is 68.3 cm³/mol. The van der Waals surface area contributed by atoms with Gasteiger partial charge in [-0.2, -0.15) is 0 Å². The number of anilines is 2. The number of nitrogens with zero attached hydrogens (tertiary/aromatic N) is 4. The van der Waals surface area contributed by atoms with Crippen LogP contribution in [0.1, 0.15) is 5.82 Å². The Hall–Kier alpha value is -1.85. The Labute approximate surface area is 102 Å². The third-order valence-electron chi connectivity index (χ3n) is 2.34. The lowest BCUT2D eigenvalue weighted by Gasteiger charge is -2.20. The van der Waals surface area contributed by atoms with E-state index in [4.69, 9.17) is 0 Å². The van der Waals surface area contributed by atoms with Crippen molar-refractivity contribution in [3.8, 4) is 0 Å². The molecule has 1 aromatic heterocycles. The second-order valence-corrected chi connectivity index (χ2v) is 4.05. The van der Waals surface area contributed by atoms with Crippen molar-refractivity contribution in [2.24, 2.45) is 0 Å². The van der Waals surface area contributed by atoms with Gasteiger partial charge in [-0.05, 0) is 6.92 Å². The molecule has 1 N–H and O–H groups in total. The molecular formula is C11H19N5O. The first-order chi connectivity index (χ1) is 7.93. The van der Waals surface area contributed by atoms with E-state index in [0.29, 0.717) is 12.4 Å². The summed E-state index contributed by atoms with van der Waals surface area (Å²) in [6.45, 7) is 2.12. The minimum absolute atomic E-state index is 0.0368. The molecule has 1 aromatic rings. The standard InChI is InChI=1S/C11H19N5O/c1-8-13-9(12-2)6-10(14-8)16(5)7-11(17)15(3)4/h6H,7H2,1-5H3,(H,12,13,14). The summed E-state index contributed by atoms with van der Waals surface area (Å²) in [6, 6.07) is 1.82. The third-order valence-corrected chi connectivity index (χ3v) is 2.34. The maximum absolute atomic E-state index is 11.6. The van der Waals surface area contributed by atoms with Crippen molar-refractivity contribution in [3.05, 3.63) is 11.9 Å². The molecule has 1 amide bonds. The summed E-state index contributed by atoms with van der Waals surface area (Å²) in [7, 11) is 7.11. The van der Waals surface area contributed by atoms with Crippen LogP contribution in [-0.2, 0) is 4.79 Å². The zero-order valence-corrected chi connectivity index (χ0v) is 11.0. The van der Waals surface area contributed by atoms with Gasteiger partial charge >= 0.3 is 0 Å². The van der Waals surface area contributed by atoms with Crippen LogP contribution < -0.4 is 10.2 Å². The second-order valence-electron chi connectivity index (χ2n) is 4.05. The van der Waals surface area contributed by atoms with Crippen molar-refractivity contribution in [2.75, 3.05) is 45.0 Å². The largest absolute Gasteiger partial charge is 0.373 e. The summed E-state index contributed by atoms with van der Waals surface area (Å²) in [5.74, 6) is 2.19. The Balaban J connectivity index is 2.84. The maximum atomic E-state index is 11.6. The number of aromatic nitrogens is 2. The lowest BCUT2D eigenvalue weighted by molar-refractivity contribution is -0.127. The molecule has 94 valence electrons. The normalized spacial score (nSPS) is 9.94. The van der Waals surface area contributed by atoms with Gasteiger partial charge in [-0.1, -0.05) is 0 Å². The Bertz CT molecular complexity index is 405. The van der Waals surface area contributed by atoms with E-state index in [0.717, 1.165) is 11.6 Å². The van der Waals surface area contributed by atoms with Gasteiger partial charge in [0.05, 0.1) is 6.54 Å². The lowest BCUT2D eigenvalue weighted by atomic mass is 10.4. The molecule has 6 heteroatoms. The van der Waals surface area contributed by atoms with Crippen LogP contribution in [-0.4, -0.2) is 55.5 Å². The van der Waals surface area contributed by atoms with Crippen LogP contribution in [0.5, 0.6) is 0 Å². The number of likely N-dealkylation sites (N-methyl/N-ethyl adjacent to an activating group) is 2. The molecule has 0 spiro atoms. The first-order valence-electron chi connectivity index (χ1n) is 5.38. The van der Waals surface area contributed by atoms with E-state index < -0.39 is 0 Å². The van der Waals surface area contributed by atoms with E-state index in [1.165, 1.54) is 0 Å². The Morgan fingerprint density at radius 1 is 1.35 bits per heavy atom. The molecule has 0 atom stereocenters. The third kappa shape index (κ3) is 3.58. The van der Waals surface area contributed by atoms with E-state index in [1.54, 1.807) is 30.9 Å². The number of rotatable bonds is 4. The summed E-state index contributed by atoms with van der Waals surface area (Å²) in [6.07, 6.45) is 0. The molecule has 0 unspecified atom stereocenters. The average Bonchev–Trinajstić information content (AvgIpc) is 2.27.